The Morgan fingerprint density at radius 2 is 0.750 bits per heavy atom. The van der Waals surface area contributed by atoms with E-state index in [-0.39, 0.29) is 0 Å². The van der Waals surface area contributed by atoms with Gasteiger partial charge in [0.1, 0.15) is 0 Å². The van der Waals surface area contributed by atoms with Crippen LogP contribution in [0.3, 0.4) is 0 Å². The monoisotopic (exact) mass is 336 g/mol. The molecule has 0 heteroatoms. The van der Waals surface area contributed by atoms with Crippen LogP contribution in [0.2, 0.25) is 0 Å². The van der Waals surface area contributed by atoms with Gasteiger partial charge in [-0.15, -0.1) is 0 Å². The lowest BCUT2D eigenvalue weighted by molar-refractivity contribution is 0.526. The van der Waals surface area contributed by atoms with E-state index >= 15 is 0 Å². The van der Waals surface area contributed by atoms with Crippen LogP contribution >= 0.6 is 0 Å². The van der Waals surface area contributed by atoms with Crippen molar-refractivity contribution in [2.24, 2.45) is 0 Å². The van der Waals surface area contributed by atoms with Crippen LogP contribution in [0.25, 0.3) is 0 Å². The van der Waals surface area contributed by atoms with Crippen LogP contribution in [0.15, 0.2) is 12.2 Å². The Bertz CT molecular complexity index is 240. The Kier molecular flexibility index (Phi) is 20.6. The molecule has 0 rings (SSSR count). The minimum absolute atomic E-state index is 1.23. The first kappa shape index (κ1) is 23.7. The van der Waals surface area contributed by atoms with E-state index in [4.69, 9.17) is 0 Å². The quantitative estimate of drug-likeness (QED) is 0.153. The van der Waals surface area contributed by atoms with E-state index in [1.807, 2.05) is 0 Å². The highest BCUT2D eigenvalue weighted by atomic mass is 14.0. The molecule has 0 aliphatic carbocycles. The third kappa shape index (κ3) is 19.8. The molecule has 0 amide bonds. The SMILES string of the molecule is C=C(CCC)CCCCCCCCCCCCCCCCCCC. The third-order valence-electron chi connectivity index (χ3n) is 5.24. The first-order valence-electron chi connectivity index (χ1n) is 11.5. The third-order valence-corrected chi connectivity index (χ3v) is 5.24. The predicted octanol–water partition coefficient (Wildman–Crippen LogP) is 9.38. The van der Waals surface area contributed by atoms with E-state index in [1.165, 1.54) is 134 Å². The summed E-state index contributed by atoms with van der Waals surface area (Å²) in [7, 11) is 0. The molecule has 0 aromatic heterocycles. The molecule has 0 aromatic carbocycles. The molecular weight excluding hydrogens is 288 g/mol. The van der Waals surface area contributed by atoms with Crippen LogP contribution in [0.5, 0.6) is 0 Å². The van der Waals surface area contributed by atoms with E-state index < -0.39 is 0 Å². The van der Waals surface area contributed by atoms with Gasteiger partial charge in [-0.1, -0.05) is 135 Å². The minimum Gasteiger partial charge on any atom is -0.0999 e. The molecule has 0 radical (unpaired) electrons. The molecule has 0 fully saturated rings. The van der Waals surface area contributed by atoms with Gasteiger partial charge >= 0.3 is 0 Å². The molecule has 0 spiro atoms. The van der Waals surface area contributed by atoms with Gasteiger partial charge in [-0.3, -0.25) is 0 Å². The van der Waals surface area contributed by atoms with Gasteiger partial charge in [-0.05, 0) is 19.3 Å². The van der Waals surface area contributed by atoms with E-state index in [0.717, 1.165) is 0 Å². The standard InChI is InChI=1S/C24H48/c1-4-6-7-8-9-10-11-12-13-14-15-16-17-18-19-20-21-23-24(3)22-5-2/h3-23H2,1-2H3. The highest BCUT2D eigenvalue weighted by Gasteiger charge is 1.96. The summed E-state index contributed by atoms with van der Waals surface area (Å²) < 4.78 is 0. The van der Waals surface area contributed by atoms with Crippen LogP contribution in [0, 0.1) is 0 Å². The number of unbranched alkanes of at least 4 members (excludes halogenated alkanes) is 16. The van der Waals surface area contributed by atoms with Crippen molar-refractivity contribution in [1.29, 1.82) is 0 Å². The molecule has 0 bridgehead atoms. The van der Waals surface area contributed by atoms with Gasteiger partial charge in [0.25, 0.3) is 0 Å². The lowest BCUT2D eigenvalue weighted by Crippen LogP contribution is -1.85. The maximum Gasteiger partial charge on any atom is -0.0323 e. The predicted molar refractivity (Wildman–Crippen MR) is 113 cm³/mol. The van der Waals surface area contributed by atoms with Crippen molar-refractivity contribution < 1.29 is 0 Å². The first-order chi connectivity index (χ1) is 11.8. The van der Waals surface area contributed by atoms with Gasteiger partial charge < -0.3 is 0 Å². The van der Waals surface area contributed by atoms with Crippen molar-refractivity contribution >= 4 is 0 Å². The molecule has 0 unspecified atom stereocenters. The Hall–Kier alpha value is -0.260. The number of hydrogen-bond acceptors (Lipinski definition) is 0. The lowest BCUT2D eigenvalue weighted by Gasteiger charge is -2.05. The molecule has 0 heterocycles. The van der Waals surface area contributed by atoms with Crippen molar-refractivity contribution in [2.75, 3.05) is 0 Å². The van der Waals surface area contributed by atoms with Gasteiger partial charge in [0, 0.05) is 0 Å². The number of rotatable bonds is 20. The molecule has 0 aliphatic heterocycles. The summed E-state index contributed by atoms with van der Waals surface area (Å²) >= 11 is 0. The number of hydrogen-bond donors (Lipinski definition) is 0. The van der Waals surface area contributed by atoms with Crippen LogP contribution in [0.1, 0.15) is 142 Å². The lowest BCUT2D eigenvalue weighted by atomic mass is 10.0. The highest BCUT2D eigenvalue weighted by molar-refractivity contribution is 4.92. The van der Waals surface area contributed by atoms with Crippen molar-refractivity contribution in [1.82, 2.24) is 0 Å². The van der Waals surface area contributed by atoms with Crippen molar-refractivity contribution in [3.63, 3.8) is 0 Å². The van der Waals surface area contributed by atoms with Gasteiger partial charge in [-0.25, -0.2) is 0 Å². The Balaban J connectivity index is 3.01. The zero-order chi connectivity index (χ0) is 17.7. The average molecular weight is 337 g/mol. The van der Waals surface area contributed by atoms with Crippen molar-refractivity contribution in [3.05, 3.63) is 12.2 Å². The minimum atomic E-state index is 1.23. The highest BCUT2D eigenvalue weighted by Crippen LogP contribution is 2.16. The van der Waals surface area contributed by atoms with E-state index in [1.54, 1.807) is 0 Å². The average Bonchev–Trinajstić information content (AvgIpc) is 2.58. The molecule has 0 nitrogen and oxygen atoms in total. The summed E-state index contributed by atoms with van der Waals surface area (Å²) in [6.45, 7) is 8.70. The summed E-state index contributed by atoms with van der Waals surface area (Å²) in [5.74, 6) is 0. The first-order valence-corrected chi connectivity index (χ1v) is 11.5. The largest absolute Gasteiger partial charge is 0.0999 e. The summed E-state index contributed by atoms with van der Waals surface area (Å²) in [4.78, 5) is 0. The van der Waals surface area contributed by atoms with Crippen LogP contribution in [-0.2, 0) is 0 Å². The van der Waals surface area contributed by atoms with Crippen LogP contribution < -0.4 is 0 Å². The van der Waals surface area contributed by atoms with E-state index in [2.05, 4.69) is 20.4 Å². The molecule has 0 N–H and O–H groups in total. The summed E-state index contributed by atoms with van der Waals surface area (Å²) in [5.41, 5.74) is 1.47. The topological polar surface area (TPSA) is 0 Å². The summed E-state index contributed by atoms with van der Waals surface area (Å²) in [6, 6.07) is 0. The smallest absolute Gasteiger partial charge is 0.0323 e. The molecule has 0 saturated carbocycles. The second kappa shape index (κ2) is 20.8. The zero-order valence-corrected chi connectivity index (χ0v) is 17.3. The van der Waals surface area contributed by atoms with E-state index in [9.17, 15) is 0 Å². The Morgan fingerprint density at radius 1 is 0.417 bits per heavy atom. The molecule has 0 saturated heterocycles. The van der Waals surface area contributed by atoms with Crippen LogP contribution in [0.4, 0.5) is 0 Å². The molecular formula is C24H48. The van der Waals surface area contributed by atoms with Crippen LogP contribution in [-0.4, -0.2) is 0 Å². The van der Waals surface area contributed by atoms with E-state index in [0.29, 0.717) is 0 Å². The van der Waals surface area contributed by atoms with Crippen molar-refractivity contribution in [3.8, 4) is 0 Å². The summed E-state index contributed by atoms with van der Waals surface area (Å²) in [5, 5.41) is 0. The fourth-order valence-electron chi connectivity index (χ4n) is 3.58. The molecule has 0 aliphatic rings. The van der Waals surface area contributed by atoms with Gasteiger partial charge in [-0.2, -0.15) is 0 Å². The maximum atomic E-state index is 4.16. The van der Waals surface area contributed by atoms with Gasteiger partial charge in [0.15, 0.2) is 0 Å². The Labute approximate surface area is 154 Å². The molecule has 0 aromatic rings. The maximum absolute atomic E-state index is 4.16. The van der Waals surface area contributed by atoms with Crippen molar-refractivity contribution in [2.45, 2.75) is 142 Å². The van der Waals surface area contributed by atoms with Gasteiger partial charge in [0.2, 0.25) is 0 Å². The molecule has 144 valence electrons. The molecule has 0 atom stereocenters. The van der Waals surface area contributed by atoms with Gasteiger partial charge in [0.05, 0.1) is 0 Å². The number of allylic oxidation sites excluding steroid dienone is 1. The fourth-order valence-corrected chi connectivity index (χ4v) is 3.58. The normalized spacial score (nSPS) is 11.1. The second-order valence-electron chi connectivity index (χ2n) is 7.91. The zero-order valence-electron chi connectivity index (χ0n) is 17.3. The Morgan fingerprint density at radius 3 is 1.08 bits per heavy atom. The second-order valence-corrected chi connectivity index (χ2v) is 7.91. The fraction of sp³-hybridized carbons (Fsp3) is 0.917. The summed E-state index contributed by atoms with van der Waals surface area (Å²) in [6.07, 6.45) is 28.5. The molecule has 24 heavy (non-hydrogen) atoms.